The minimum Gasteiger partial charge on any atom is -0.388 e. The molecule has 1 aliphatic rings. The van der Waals surface area contributed by atoms with E-state index in [9.17, 15) is 15.0 Å². The Labute approximate surface area is 139 Å². The van der Waals surface area contributed by atoms with Crippen molar-refractivity contribution in [2.24, 2.45) is 0 Å². The van der Waals surface area contributed by atoms with Gasteiger partial charge in [0.2, 0.25) is 0 Å². The van der Waals surface area contributed by atoms with Crippen molar-refractivity contribution in [1.82, 2.24) is 19.5 Å². The van der Waals surface area contributed by atoms with Gasteiger partial charge in [-0.3, -0.25) is 9.36 Å². The Morgan fingerprint density at radius 2 is 2.12 bits per heavy atom. The van der Waals surface area contributed by atoms with Crippen molar-refractivity contribution in [1.29, 1.82) is 0 Å². The van der Waals surface area contributed by atoms with Crippen LogP contribution in [0.4, 0.5) is 0 Å². The maximum atomic E-state index is 11.9. The molecule has 0 aromatic carbocycles. The summed E-state index contributed by atoms with van der Waals surface area (Å²) < 4.78 is 7.38. The Morgan fingerprint density at radius 1 is 1.42 bits per heavy atom. The van der Waals surface area contributed by atoms with E-state index in [0.717, 1.165) is 6.16 Å². The quantitative estimate of drug-likeness (QED) is 0.674. The second-order valence-corrected chi connectivity index (χ2v) is 11.3. The standard InChI is InChI=1S/C15H23N4O4P/c1-8-17-13-10(14(22)18-8)16-7-19(13)15-12(21)11(20)9(23-15)5-6-24(2,3)4/h7,9,11-12,15,20-21H,2,5-6H2,1,3-4H3,(H,17,18,22)/t9?,11-,12-,15-/m1/s1. The first kappa shape index (κ1) is 17.4. The van der Waals surface area contributed by atoms with Gasteiger partial charge in [-0.25, -0.2) is 9.97 Å². The van der Waals surface area contributed by atoms with E-state index < -0.39 is 31.4 Å². The maximum Gasteiger partial charge on any atom is 0.279 e. The summed E-state index contributed by atoms with van der Waals surface area (Å²) in [5.41, 5.74) is 0.168. The molecular weight excluding hydrogens is 331 g/mol. The number of fused-ring (bicyclic) bond motifs is 1. The van der Waals surface area contributed by atoms with Gasteiger partial charge in [-0.15, -0.1) is 13.2 Å². The summed E-state index contributed by atoms with van der Waals surface area (Å²) in [5, 5.41) is 20.7. The number of hydrogen-bond acceptors (Lipinski definition) is 6. The average Bonchev–Trinajstić information content (AvgIpc) is 3.00. The third-order valence-electron chi connectivity index (χ3n) is 4.18. The first-order valence-electron chi connectivity index (χ1n) is 7.80. The van der Waals surface area contributed by atoms with E-state index in [2.05, 4.69) is 34.6 Å². The number of nitrogens with zero attached hydrogens (tertiary/aromatic N) is 3. The van der Waals surface area contributed by atoms with Gasteiger partial charge in [0.05, 0.1) is 12.4 Å². The van der Waals surface area contributed by atoms with Gasteiger partial charge in [-0.1, -0.05) is 0 Å². The Bertz CT molecular complexity index is 855. The third kappa shape index (κ3) is 3.19. The molecule has 1 aliphatic heterocycles. The highest BCUT2D eigenvalue weighted by Gasteiger charge is 2.44. The molecule has 0 radical (unpaired) electrons. The van der Waals surface area contributed by atoms with Gasteiger partial charge in [0, 0.05) is 0 Å². The van der Waals surface area contributed by atoms with Crippen LogP contribution in [0.5, 0.6) is 0 Å². The molecule has 8 nitrogen and oxygen atoms in total. The summed E-state index contributed by atoms with van der Waals surface area (Å²) in [7, 11) is 0. The fourth-order valence-corrected chi connectivity index (χ4v) is 3.85. The number of aliphatic hydroxyl groups is 2. The summed E-state index contributed by atoms with van der Waals surface area (Å²) in [6, 6.07) is 0. The second kappa shape index (κ2) is 6.11. The van der Waals surface area contributed by atoms with Crippen molar-refractivity contribution in [3.05, 3.63) is 22.5 Å². The Morgan fingerprint density at radius 3 is 2.79 bits per heavy atom. The summed E-state index contributed by atoms with van der Waals surface area (Å²) in [6.07, 6.45) is 3.63. The van der Waals surface area contributed by atoms with Gasteiger partial charge in [0.15, 0.2) is 17.4 Å². The number of rotatable bonds is 4. The van der Waals surface area contributed by atoms with Crippen molar-refractivity contribution in [2.45, 2.75) is 37.9 Å². The SMILES string of the molecule is C=P(C)(C)CCC1O[C@@H](n2cnc3c(=O)[nH]c(C)nc32)[C@H](O)[C@@H]1O. The highest BCUT2D eigenvalue weighted by molar-refractivity contribution is 7.72. The minimum atomic E-state index is -1.25. The average molecular weight is 354 g/mol. The van der Waals surface area contributed by atoms with Crippen LogP contribution in [0, 0.1) is 6.92 Å². The molecule has 0 amide bonds. The number of aromatic nitrogens is 4. The van der Waals surface area contributed by atoms with Gasteiger partial charge in [0.25, 0.3) is 5.56 Å². The van der Waals surface area contributed by atoms with Gasteiger partial charge in [-0.2, -0.15) is 0 Å². The zero-order valence-corrected chi connectivity index (χ0v) is 14.9. The summed E-state index contributed by atoms with van der Waals surface area (Å²) >= 11 is 0. The summed E-state index contributed by atoms with van der Waals surface area (Å²) in [4.78, 5) is 22.8. The minimum absolute atomic E-state index is 0.180. The van der Waals surface area contributed by atoms with E-state index in [1.165, 1.54) is 10.9 Å². The number of hydrogen-bond donors (Lipinski definition) is 3. The lowest BCUT2D eigenvalue weighted by molar-refractivity contribution is -0.0353. The summed E-state index contributed by atoms with van der Waals surface area (Å²) in [5.74, 6) is 0.447. The van der Waals surface area contributed by atoms with Gasteiger partial charge < -0.3 is 19.9 Å². The largest absolute Gasteiger partial charge is 0.388 e. The fourth-order valence-electron chi connectivity index (χ4n) is 2.90. The Hall–Kier alpha value is -1.47. The van der Waals surface area contributed by atoms with Crippen molar-refractivity contribution in [3.63, 3.8) is 0 Å². The van der Waals surface area contributed by atoms with Crippen LogP contribution in [0.2, 0.25) is 0 Å². The van der Waals surface area contributed by atoms with Crippen LogP contribution in [0.15, 0.2) is 11.1 Å². The van der Waals surface area contributed by atoms with E-state index in [4.69, 9.17) is 4.74 Å². The smallest absolute Gasteiger partial charge is 0.279 e. The molecule has 2 aromatic rings. The highest BCUT2D eigenvalue weighted by Crippen LogP contribution is 2.39. The van der Waals surface area contributed by atoms with Crippen LogP contribution in [0.1, 0.15) is 18.5 Å². The number of ether oxygens (including phenoxy) is 1. The molecule has 9 heteroatoms. The normalized spacial score (nSPS) is 27.9. The van der Waals surface area contributed by atoms with Crippen molar-refractivity contribution >= 4 is 24.3 Å². The molecule has 2 aromatic heterocycles. The molecule has 0 bridgehead atoms. The van der Waals surface area contributed by atoms with Gasteiger partial charge in [0.1, 0.15) is 18.0 Å². The summed E-state index contributed by atoms with van der Waals surface area (Å²) in [6.45, 7) is 4.65. The Kier molecular flexibility index (Phi) is 4.42. The van der Waals surface area contributed by atoms with Crippen LogP contribution in [-0.4, -0.2) is 73.8 Å². The zero-order valence-electron chi connectivity index (χ0n) is 14.0. The van der Waals surface area contributed by atoms with Crippen LogP contribution >= 0.6 is 6.89 Å². The highest BCUT2D eigenvalue weighted by atomic mass is 31.2. The van der Waals surface area contributed by atoms with Crippen molar-refractivity contribution in [2.75, 3.05) is 19.5 Å². The lowest BCUT2D eigenvalue weighted by atomic mass is 10.1. The molecule has 24 heavy (non-hydrogen) atoms. The molecule has 3 rings (SSSR count). The third-order valence-corrected chi connectivity index (χ3v) is 5.65. The Balaban J connectivity index is 1.90. The number of aliphatic hydroxyl groups excluding tert-OH is 2. The predicted molar refractivity (Wildman–Crippen MR) is 94.2 cm³/mol. The topological polar surface area (TPSA) is 113 Å². The molecule has 1 saturated heterocycles. The monoisotopic (exact) mass is 354 g/mol. The van der Waals surface area contributed by atoms with E-state index >= 15 is 0 Å². The molecule has 0 spiro atoms. The first-order valence-corrected chi connectivity index (χ1v) is 10.8. The molecule has 0 aliphatic carbocycles. The maximum absolute atomic E-state index is 11.9. The van der Waals surface area contributed by atoms with E-state index in [0.29, 0.717) is 17.9 Å². The molecule has 3 heterocycles. The van der Waals surface area contributed by atoms with Gasteiger partial charge in [-0.05, 0) is 32.8 Å². The second-order valence-electron chi connectivity index (χ2n) is 6.97. The molecule has 0 saturated carbocycles. The molecule has 132 valence electrons. The van der Waals surface area contributed by atoms with E-state index in [1.807, 2.05) is 0 Å². The molecule has 1 fully saturated rings. The number of aryl methyl sites for hydroxylation is 1. The lowest BCUT2D eigenvalue weighted by Crippen LogP contribution is -2.32. The molecule has 3 N–H and O–H groups in total. The molecule has 4 atom stereocenters. The zero-order chi connectivity index (χ0) is 17.6. The van der Waals surface area contributed by atoms with Crippen LogP contribution < -0.4 is 5.56 Å². The van der Waals surface area contributed by atoms with Gasteiger partial charge >= 0.3 is 0 Å². The molecule has 1 unspecified atom stereocenters. The number of imidazole rings is 1. The van der Waals surface area contributed by atoms with E-state index in [1.54, 1.807) is 6.92 Å². The van der Waals surface area contributed by atoms with Crippen LogP contribution in [0.25, 0.3) is 11.2 Å². The number of nitrogens with one attached hydrogen (secondary N) is 1. The van der Waals surface area contributed by atoms with Crippen molar-refractivity contribution < 1.29 is 14.9 Å². The van der Waals surface area contributed by atoms with E-state index in [-0.39, 0.29) is 11.1 Å². The first-order chi connectivity index (χ1) is 11.2. The predicted octanol–water partition coefficient (Wildman–Crippen LogP) is 0.147. The molecular formula is C15H23N4O4P. The van der Waals surface area contributed by atoms with Crippen LogP contribution in [-0.2, 0) is 4.74 Å². The lowest BCUT2D eigenvalue weighted by Gasteiger charge is -2.18. The number of H-pyrrole nitrogens is 1. The van der Waals surface area contributed by atoms with Crippen LogP contribution in [0.3, 0.4) is 0 Å². The fraction of sp³-hybridized carbons (Fsp3) is 0.600. The number of aromatic amines is 1. The van der Waals surface area contributed by atoms with Crippen molar-refractivity contribution in [3.8, 4) is 0 Å².